The summed E-state index contributed by atoms with van der Waals surface area (Å²) in [6.07, 6.45) is -2.78. The fourth-order valence-electron chi connectivity index (χ4n) is 2.10. The van der Waals surface area contributed by atoms with E-state index in [1.165, 1.54) is 17.4 Å². The van der Waals surface area contributed by atoms with Gasteiger partial charge in [-0.3, -0.25) is 4.99 Å². The number of aliphatic imine (C=N–C) groups is 1. The van der Waals surface area contributed by atoms with E-state index in [2.05, 4.69) is 20.4 Å². The van der Waals surface area contributed by atoms with Gasteiger partial charge in [0.05, 0.1) is 16.7 Å². The molecule has 0 fully saturated rings. The van der Waals surface area contributed by atoms with E-state index in [-0.39, 0.29) is 0 Å². The number of aromatic nitrogens is 3. The van der Waals surface area contributed by atoms with Gasteiger partial charge in [-0.2, -0.15) is 28.6 Å². The Morgan fingerprint density at radius 2 is 1.91 bits per heavy atom. The highest BCUT2D eigenvalue weighted by Crippen LogP contribution is 2.37. The summed E-state index contributed by atoms with van der Waals surface area (Å²) >= 11 is 1.35. The van der Waals surface area contributed by atoms with Gasteiger partial charge in [0.1, 0.15) is 11.4 Å². The topological polar surface area (TPSA) is 53.9 Å². The molecule has 0 spiro atoms. The zero-order chi connectivity index (χ0) is 16.4. The number of hydrogen-bond acceptors (Lipinski definition) is 4. The molecular formula is C15H11F3N4S. The predicted molar refractivity (Wildman–Crippen MR) is 83.7 cm³/mol. The molecule has 1 aromatic carbocycles. The van der Waals surface area contributed by atoms with E-state index in [1.54, 1.807) is 25.4 Å². The molecule has 0 radical (unpaired) electrons. The van der Waals surface area contributed by atoms with Gasteiger partial charge in [0.2, 0.25) is 0 Å². The van der Waals surface area contributed by atoms with Crippen LogP contribution >= 0.6 is 11.3 Å². The minimum Gasteiger partial charge on any atom is -0.294 e. The number of H-pyrrole nitrogens is 1. The van der Waals surface area contributed by atoms with Gasteiger partial charge in [-0.1, -0.05) is 12.1 Å². The number of nitrogens with zero attached hydrogens (tertiary/aromatic N) is 3. The number of thiophene rings is 1. The van der Waals surface area contributed by atoms with Crippen LogP contribution in [0.5, 0.6) is 0 Å². The summed E-state index contributed by atoms with van der Waals surface area (Å²) in [5.41, 5.74) is 1.07. The smallest absolute Gasteiger partial charge is 0.294 e. The standard InChI is InChI=1S/C15H11F3N4S/c1-19-8-11-14(21-22-20-11)13-6-5-12(23-13)9-3-2-4-10(7-9)15(16,17)18/h2-8H,1H3,(H,20,21,22). The second kappa shape index (κ2) is 5.96. The van der Waals surface area contributed by atoms with Crippen molar-refractivity contribution in [1.82, 2.24) is 15.4 Å². The van der Waals surface area contributed by atoms with Crippen molar-refractivity contribution in [2.24, 2.45) is 4.99 Å². The second-order valence-electron chi connectivity index (χ2n) is 4.69. The maximum atomic E-state index is 12.8. The van der Waals surface area contributed by atoms with Gasteiger partial charge in [0.25, 0.3) is 0 Å². The number of hydrogen-bond donors (Lipinski definition) is 1. The molecule has 1 N–H and O–H groups in total. The zero-order valence-corrected chi connectivity index (χ0v) is 12.7. The fourth-order valence-corrected chi connectivity index (χ4v) is 3.10. The molecule has 0 atom stereocenters. The Labute approximate surface area is 133 Å². The van der Waals surface area contributed by atoms with Crippen LogP contribution in [-0.2, 0) is 6.18 Å². The van der Waals surface area contributed by atoms with Crippen LogP contribution in [0.3, 0.4) is 0 Å². The van der Waals surface area contributed by atoms with Crippen LogP contribution in [-0.4, -0.2) is 28.7 Å². The van der Waals surface area contributed by atoms with Gasteiger partial charge in [-0.15, -0.1) is 11.3 Å². The van der Waals surface area contributed by atoms with Crippen molar-refractivity contribution in [2.45, 2.75) is 6.18 Å². The normalized spacial score (nSPS) is 12.2. The van der Waals surface area contributed by atoms with Crippen molar-refractivity contribution in [3.05, 3.63) is 47.7 Å². The molecular weight excluding hydrogens is 325 g/mol. The highest BCUT2D eigenvalue weighted by atomic mass is 32.1. The number of aromatic amines is 1. The Bertz CT molecular complexity index is 848. The van der Waals surface area contributed by atoms with E-state index in [9.17, 15) is 13.2 Å². The number of rotatable bonds is 3. The van der Waals surface area contributed by atoms with Gasteiger partial charge in [0.15, 0.2) is 0 Å². The fraction of sp³-hybridized carbons (Fsp3) is 0.133. The van der Waals surface area contributed by atoms with Crippen molar-refractivity contribution in [1.29, 1.82) is 0 Å². The second-order valence-corrected chi connectivity index (χ2v) is 5.77. The first kappa shape index (κ1) is 15.4. The summed E-state index contributed by atoms with van der Waals surface area (Å²) in [7, 11) is 1.63. The van der Waals surface area contributed by atoms with Crippen molar-refractivity contribution in [3.63, 3.8) is 0 Å². The summed E-state index contributed by atoms with van der Waals surface area (Å²) in [5.74, 6) is 0. The van der Waals surface area contributed by atoms with Crippen molar-refractivity contribution >= 4 is 17.6 Å². The molecule has 2 aromatic heterocycles. The average molecular weight is 336 g/mol. The maximum absolute atomic E-state index is 12.8. The maximum Gasteiger partial charge on any atom is 0.416 e. The third-order valence-corrected chi connectivity index (χ3v) is 4.28. The summed E-state index contributed by atoms with van der Waals surface area (Å²) in [6.45, 7) is 0. The Morgan fingerprint density at radius 1 is 1.13 bits per heavy atom. The molecule has 8 heteroatoms. The predicted octanol–water partition coefficient (Wildman–Crippen LogP) is 4.27. The van der Waals surface area contributed by atoms with Crippen molar-refractivity contribution in [2.75, 3.05) is 7.05 Å². The lowest BCUT2D eigenvalue weighted by Gasteiger charge is -2.07. The summed E-state index contributed by atoms with van der Waals surface area (Å²) < 4.78 is 38.4. The van der Waals surface area contributed by atoms with Crippen molar-refractivity contribution < 1.29 is 13.2 Å². The van der Waals surface area contributed by atoms with Crippen LogP contribution in [0.4, 0.5) is 13.2 Å². The summed E-state index contributed by atoms with van der Waals surface area (Å²) in [6, 6.07) is 8.85. The molecule has 0 aliphatic carbocycles. The number of halogens is 3. The number of benzene rings is 1. The Balaban J connectivity index is 1.98. The van der Waals surface area contributed by atoms with Crippen LogP contribution < -0.4 is 0 Å². The quantitative estimate of drug-likeness (QED) is 0.726. The SMILES string of the molecule is CN=Cc1n[nH]nc1-c1ccc(-c2cccc(C(F)(F)F)c2)s1. The van der Waals surface area contributed by atoms with E-state index >= 15 is 0 Å². The molecule has 0 amide bonds. The van der Waals surface area contributed by atoms with E-state index in [1.807, 2.05) is 6.07 Å². The average Bonchev–Trinajstić information content (AvgIpc) is 3.15. The van der Waals surface area contributed by atoms with Gasteiger partial charge in [0, 0.05) is 11.9 Å². The molecule has 118 valence electrons. The molecule has 3 aromatic rings. The molecule has 4 nitrogen and oxygen atoms in total. The number of alkyl halides is 3. The lowest BCUT2D eigenvalue weighted by molar-refractivity contribution is -0.137. The minimum atomic E-state index is -4.35. The third kappa shape index (κ3) is 3.16. The molecule has 0 aliphatic rings. The van der Waals surface area contributed by atoms with Crippen LogP contribution in [0.15, 0.2) is 41.4 Å². The Morgan fingerprint density at radius 3 is 2.65 bits per heavy atom. The van der Waals surface area contributed by atoms with Crippen LogP contribution in [0.1, 0.15) is 11.3 Å². The lowest BCUT2D eigenvalue weighted by atomic mass is 10.1. The van der Waals surface area contributed by atoms with Gasteiger partial charge >= 0.3 is 6.18 Å². The molecule has 0 saturated heterocycles. The first-order valence-corrected chi connectivity index (χ1v) is 7.41. The Hall–Kier alpha value is -2.48. The molecule has 0 unspecified atom stereocenters. The van der Waals surface area contributed by atoms with Crippen LogP contribution in [0.25, 0.3) is 21.0 Å². The molecule has 23 heavy (non-hydrogen) atoms. The molecule has 0 aliphatic heterocycles. The van der Waals surface area contributed by atoms with E-state index in [0.29, 0.717) is 17.0 Å². The first-order valence-electron chi connectivity index (χ1n) is 6.60. The summed E-state index contributed by atoms with van der Waals surface area (Å²) in [5, 5.41) is 10.6. The summed E-state index contributed by atoms with van der Waals surface area (Å²) in [4.78, 5) is 5.44. The van der Waals surface area contributed by atoms with Gasteiger partial charge in [-0.05, 0) is 29.8 Å². The Kier molecular flexibility index (Phi) is 3.99. The first-order chi connectivity index (χ1) is 11.0. The molecule has 3 rings (SSSR count). The van der Waals surface area contributed by atoms with E-state index in [4.69, 9.17) is 0 Å². The minimum absolute atomic E-state index is 0.519. The largest absolute Gasteiger partial charge is 0.416 e. The monoisotopic (exact) mass is 336 g/mol. The molecule has 0 saturated carbocycles. The van der Waals surface area contributed by atoms with Gasteiger partial charge in [-0.25, -0.2) is 0 Å². The number of nitrogens with one attached hydrogen (secondary N) is 1. The highest BCUT2D eigenvalue weighted by Gasteiger charge is 2.30. The lowest BCUT2D eigenvalue weighted by Crippen LogP contribution is -2.04. The highest BCUT2D eigenvalue weighted by molar-refractivity contribution is 7.18. The molecule has 2 heterocycles. The third-order valence-electron chi connectivity index (χ3n) is 3.14. The van der Waals surface area contributed by atoms with E-state index in [0.717, 1.165) is 21.9 Å². The van der Waals surface area contributed by atoms with E-state index < -0.39 is 11.7 Å². The van der Waals surface area contributed by atoms with Gasteiger partial charge < -0.3 is 0 Å². The van der Waals surface area contributed by atoms with Crippen LogP contribution in [0.2, 0.25) is 0 Å². The zero-order valence-electron chi connectivity index (χ0n) is 11.9. The molecule has 0 bridgehead atoms. The van der Waals surface area contributed by atoms with Crippen LogP contribution in [0, 0.1) is 0 Å². The van der Waals surface area contributed by atoms with Crippen molar-refractivity contribution in [3.8, 4) is 21.0 Å².